The molecule has 1 aromatic rings. The molecule has 0 amide bonds. The molecule has 3 rings (SSSR count). The first-order chi connectivity index (χ1) is 8.79. The summed E-state index contributed by atoms with van der Waals surface area (Å²) in [7, 11) is 0. The van der Waals surface area contributed by atoms with Crippen molar-refractivity contribution < 1.29 is 5.11 Å². The highest BCUT2D eigenvalue weighted by Crippen LogP contribution is 2.45. The topological polar surface area (TPSA) is 20.2 Å². The van der Waals surface area contributed by atoms with Gasteiger partial charge >= 0.3 is 0 Å². The third-order valence-corrected chi connectivity index (χ3v) is 5.31. The normalized spacial score (nSPS) is 35.4. The summed E-state index contributed by atoms with van der Waals surface area (Å²) < 4.78 is 0. The van der Waals surface area contributed by atoms with Gasteiger partial charge in [0, 0.05) is 0 Å². The molecule has 2 unspecified atom stereocenters. The Morgan fingerprint density at radius 2 is 1.83 bits per heavy atom. The fraction of sp³-hybridized carbons (Fsp3) is 0.647. The van der Waals surface area contributed by atoms with Crippen molar-refractivity contribution in [3.63, 3.8) is 0 Å². The average Bonchev–Trinajstić information content (AvgIpc) is 2.77. The number of aliphatic hydroxyl groups is 1. The van der Waals surface area contributed by atoms with Crippen LogP contribution >= 0.6 is 0 Å². The molecule has 98 valence electrons. The first-order valence-electron chi connectivity index (χ1n) is 7.55. The van der Waals surface area contributed by atoms with Crippen molar-refractivity contribution in [2.45, 2.75) is 51.6 Å². The van der Waals surface area contributed by atoms with E-state index >= 15 is 0 Å². The predicted octanol–water partition coefficient (Wildman–Crippen LogP) is 4.11. The van der Waals surface area contributed by atoms with Gasteiger partial charge in [-0.3, -0.25) is 0 Å². The van der Waals surface area contributed by atoms with Crippen LogP contribution in [0.5, 0.6) is 0 Å². The lowest BCUT2D eigenvalue weighted by atomic mass is 9.73. The maximum absolute atomic E-state index is 10.5. The van der Waals surface area contributed by atoms with E-state index in [2.05, 4.69) is 31.2 Å². The zero-order valence-electron chi connectivity index (χ0n) is 11.3. The number of benzene rings is 1. The fourth-order valence-electron chi connectivity index (χ4n) is 4.05. The van der Waals surface area contributed by atoms with Gasteiger partial charge < -0.3 is 5.11 Å². The van der Waals surface area contributed by atoms with Crippen LogP contribution in [0.25, 0.3) is 0 Å². The van der Waals surface area contributed by atoms with Crippen molar-refractivity contribution in [2.75, 3.05) is 0 Å². The summed E-state index contributed by atoms with van der Waals surface area (Å²) in [4.78, 5) is 0. The lowest BCUT2D eigenvalue weighted by Crippen LogP contribution is -2.24. The minimum atomic E-state index is -0.204. The molecule has 18 heavy (non-hydrogen) atoms. The van der Waals surface area contributed by atoms with E-state index in [-0.39, 0.29) is 6.10 Å². The lowest BCUT2D eigenvalue weighted by molar-refractivity contribution is 0.0643. The van der Waals surface area contributed by atoms with Crippen LogP contribution in [-0.2, 0) is 6.42 Å². The number of fused-ring (bicyclic) bond motifs is 1. The summed E-state index contributed by atoms with van der Waals surface area (Å²) in [6.07, 6.45) is 7.63. The molecule has 0 spiro atoms. The van der Waals surface area contributed by atoms with Crippen molar-refractivity contribution in [3.05, 3.63) is 35.4 Å². The van der Waals surface area contributed by atoms with E-state index in [1.807, 2.05) is 0 Å². The summed E-state index contributed by atoms with van der Waals surface area (Å²) in [6.45, 7) is 2.31. The van der Waals surface area contributed by atoms with Crippen LogP contribution in [0.15, 0.2) is 24.3 Å². The van der Waals surface area contributed by atoms with Gasteiger partial charge in [0.15, 0.2) is 0 Å². The molecule has 1 aromatic carbocycles. The third-order valence-electron chi connectivity index (χ3n) is 5.31. The van der Waals surface area contributed by atoms with Crippen LogP contribution in [0.4, 0.5) is 0 Å². The molecule has 0 radical (unpaired) electrons. The molecular formula is C17H24O. The van der Waals surface area contributed by atoms with Gasteiger partial charge in [-0.1, -0.05) is 50.5 Å². The Kier molecular flexibility index (Phi) is 3.43. The molecule has 0 heterocycles. The van der Waals surface area contributed by atoms with Crippen molar-refractivity contribution in [2.24, 2.45) is 17.8 Å². The smallest absolute Gasteiger partial charge is 0.0826 e. The SMILES string of the molecule is CCC1CCC(C2Cc3ccccc3C2O)CC1. The van der Waals surface area contributed by atoms with E-state index in [1.165, 1.54) is 43.2 Å². The van der Waals surface area contributed by atoms with Gasteiger partial charge in [-0.05, 0) is 48.1 Å². The van der Waals surface area contributed by atoms with E-state index in [1.54, 1.807) is 0 Å². The van der Waals surface area contributed by atoms with E-state index in [9.17, 15) is 5.11 Å². The van der Waals surface area contributed by atoms with Crippen LogP contribution in [0.2, 0.25) is 0 Å². The molecule has 0 aliphatic heterocycles. The third kappa shape index (κ3) is 2.09. The number of rotatable bonds is 2. The van der Waals surface area contributed by atoms with Crippen LogP contribution in [-0.4, -0.2) is 5.11 Å². The molecule has 1 heteroatoms. The van der Waals surface area contributed by atoms with Crippen molar-refractivity contribution in [1.82, 2.24) is 0 Å². The van der Waals surface area contributed by atoms with Crippen molar-refractivity contribution in [1.29, 1.82) is 0 Å². The van der Waals surface area contributed by atoms with Crippen LogP contribution in [0.3, 0.4) is 0 Å². The first kappa shape index (κ1) is 12.2. The number of aliphatic hydroxyl groups excluding tert-OH is 1. The number of hydrogen-bond acceptors (Lipinski definition) is 1. The second-order valence-electron chi connectivity index (χ2n) is 6.20. The number of hydrogen-bond donors (Lipinski definition) is 1. The highest BCUT2D eigenvalue weighted by molar-refractivity contribution is 5.34. The van der Waals surface area contributed by atoms with Gasteiger partial charge in [-0.2, -0.15) is 0 Å². The molecule has 1 nitrogen and oxygen atoms in total. The van der Waals surface area contributed by atoms with Gasteiger partial charge in [-0.15, -0.1) is 0 Å². The minimum absolute atomic E-state index is 0.204. The summed E-state index contributed by atoms with van der Waals surface area (Å²) in [5.74, 6) is 2.18. The largest absolute Gasteiger partial charge is 0.388 e. The molecule has 2 atom stereocenters. The molecular weight excluding hydrogens is 220 g/mol. The Labute approximate surface area is 110 Å². The predicted molar refractivity (Wildman–Crippen MR) is 74.3 cm³/mol. The lowest BCUT2D eigenvalue weighted by Gasteiger charge is -2.33. The van der Waals surface area contributed by atoms with E-state index < -0.39 is 0 Å². The molecule has 0 bridgehead atoms. The summed E-state index contributed by atoms with van der Waals surface area (Å²) in [6, 6.07) is 8.45. The van der Waals surface area contributed by atoms with E-state index in [4.69, 9.17) is 0 Å². The Morgan fingerprint density at radius 1 is 1.11 bits per heavy atom. The quantitative estimate of drug-likeness (QED) is 0.830. The van der Waals surface area contributed by atoms with Gasteiger partial charge in [0.2, 0.25) is 0 Å². The summed E-state index contributed by atoms with van der Waals surface area (Å²) >= 11 is 0. The van der Waals surface area contributed by atoms with Crippen LogP contribution < -0.4 is 0 Å². The standard InChI is InChI=1S/C17H24O/c1-2-12-7-9-13(10-8-12)16-11-14-5-3-4-6-15(14)17(16)18/h3-6,12-13,16-18H,2,7-11H2,1H3. The molecule has 1 fully saturated rings. The fourth-order valence-corrected chi connectivity index (χ4v) is 4.05. The highest BCUT2D eigenvalue weighted by atomic mass is 16.3. The maximum atomic E-state index is 10.5. The molecule has 0 aromatic heterocycles. The van der Waals surface area contributed by atoms with Crippen molar-refractivity contribution >= 4 is 0 Å². The average molecular weight is 244 g/mol. The Morgan fingerprint density at radius 3 is 2.50 bits per heavy atom. The molecule has 2 aliphatic rings. The minimum Gasteiger partial charge on any atom is -0.388 e. The second-order valence-corrected chi connectivity index (χ2v) is 6.20. The first-order valence-corrected chi connectivity index (χ1v) is 7.55. The van der Waals surface area contributed by atoms with Crippen molar-refractivity contribution in [3.8, 4) is 0 Å². The zero-order valence-corrected chi connectivity index (χ0v) is 11.3. The van der Waals surface area contributed by atoms with E-state index in [0.29, 0.717) is 5.92 Å². The summed E-state index contributed by atoms with van der Waals surface area (Å²) in [5, 5.41) is 10.5. The Balaban J connectivity index is 1.69. The second kappa shape index (κ2) is 5.05. The van der Waals surface area contributed by atoms with Crippen LogP contribution in [0.1, 0.15) is 56.3 Å². The maximum Gasteiger partial charge on any atom is 0.0826 e. The van der Waals surface area contributed by atoms with Gasteiger partial charge in [0.25, 0.3) is 0 Å². The molecule has 0 saturated heterocycles. The van der Waals surface area contributed by atoms with Gasteiger partial charge in [0.1, 0.15) is 0 Å². The van der Waals surface area contributed by atoms with Gasteiger partial charge in [0.05, 0.1) is 6.10 Å². The molecule has 2 aliphatic carbocycles. The molecule has 1 saturated carbocycles. The van der Waals surface area contributed by atoms with E-state index in [0.717, 1.165) is 18.3 Å². The summed E-state index contributed by atoms with van der Waals surface area (Å²) in [5.41, 5.74) is 2.58. The highest BCUT2D eigenvalue weighted by Gasteiger charge is 2.37. The Hall–Kier alpha value is -0.820. The Bertz CT molecular complexity index is 404. The zero-order chi connectivity index (χ0) is 12.5. The van der Waals surface area contributed by atoms with Gasteiger partial charge in [-0.25, -0.2) is 0 Å². The monoisotopic (exact) mass is 244 g/mol. The molecule has 1 N–H and O–H groups in total. The van der Waals surface area contributed by atoms with Crippen LogP contribution in [0, 0.1) is 17.8 Å².